The van der Waals surface area contributed by atoms with Gasteiger partial charge in [-0.15, -0.1) is 0 Å². The number of fused-ring (bicyclic) bond motifs is 1. The van der Waals surface area contributed by atoms with E-state index in [4.69, 9.17) is 4.74 Å². The van der Waals surface area contributed by atoms with Crippen LogP contribution in [-0.2, 0) is 16.1 Å². The van der Waals surface area contributed by atoms with E-state index in [-0.39, 0.29) is 18.4 Å². The average molecular weight is 393 g/mol. The number of amides is 2. The third-order valence-electron chi connectivity index (χ3n) is 4.98. The standard InChI is InChI=1S/C21H23N5O3/c1-24(15-19(27)25-7-9-29-10-8-25)21(28)18-11-17-13-23-26(20(17)22-12-18)14-16-5-3-2-4-6-16/h2-6,11-13H,7-10,14-15H2,1H3. The Morgan fingerprint density at radius 3 is 2.66 bits per heavy atom. The zero-order valence-corrected chi connectivity index (χ0v) is 16.3. The SMILES string of the molecule is CN(CC(=O)N1CCOCC1)C(=O)c1cnc2c(cnn2Cc2ccccc2)c1. The van der Waals surface area contributed by atoms with Crippen molar-refractivity contribution in [2.75, 3.05) is 39.9 Å². The number of pyridine rings is 1. The Morgan fingerprint density at radius 1 is 1.14 bits per heavy atom. The summed E-state index contributed by atoms with van der Waals surface area (Å²) in [4.78, 5) is 32.7. The molecule has 0 aliphatic carbocycles. The average Bonchev–Trinajstić information content (AvgIpc) is 3.16. The zero-order valence-electron chi connectivity index (χ0n) is 16.3. The van der Waals surface area contributed by atoms with Gasteiger partial charge in [0.25, 0.3) is 5.91 Å². The van der Waals surface area contributed by atoms with Crippen molar-refractivity contribution in [2.45, 2.75) is 6.54 Å². The largest absolute Gasteiger partial charge is 0.378 e. The van der Waals surface area contributed by atoms with Crippen LogP contribution in [0.25, 0.3) is 11.0 Å². The van der Waals surface area contributed by atoms with E-state index < -0.39 is 0 Å². The highest BCUT2D eigenvalue weighted by atomic mass is 16.5. The van der Waals surface area contributed by atoms with Crippen molar-refractivity contribution in [3.63, 3.8) is 0 Å². The molecule has 1 fully saturated rings. The van der Waals surface area contributed by atoms with Gasteiger partial charge in [0.2, 0.25) is 5.91 Å². The molecule has 0 N–H and O–H groups in total. The number of ether oxygens (including phenoxy) is 1. The fourth-order valence-electron chi connectivity index (χ4n) is 3.37. The van der Waals surface area contributed by atoms with Crippen LogP contribution in [0.3, 0.4) is 0 Å². The lowest BCUT2D eigenvalue weighted by molar-refractivity contribution is -0.135. The van der Waals surface area contributed by atoms with Gasteiger partial charge >= 0.3 is 0 Å². The minimum Gasteiger partial charge on any atom is -0.378 e. The molecule has 29 heavy (non-hydrogen) atoms. The summed E-state index contributed by atoms with van der Waals surface area (Å²) in [6.45, 7) is 2.85. The van der Waals surface area contributed by atoms with Crippen LogP contribution in [0.5, 0.6) is 0 Å². The first-order valence-electron chi connectivity index (χ1n) is 9.58. The van der Waals surface area contributed by atoms with Gasteiger partial charge in [0.05, 0.1) is 38.1 Å². The number of morpholine rings is 1. The molecule has 1 aliphatic rings. The number of benzene rings is 1. The molecule has 4 rings (SSSR count). The highest BCUT2D eigenvalue weighted by Crippen LogP contribution is 2.16. The Labute approximate surface area is 168 Å². The van der Waals surface area contributed by atoms with E-state index in [0.29, 0.717) is 38.4 Å². The van der Waals surface area contributed by atoms with E-state index in [1.807, 2.05) is 35.0 Å². The quantitative estimate of drug-likeness (QED) is 0.655. The van der Waals surface area contributed by atoms with Crippen LogP contribution in [0.15, 0.2) is 48.8 Å². The molecule has 0 unspecified atom stereocenters. The van der Waals surface area contributed by atoms with Crippen LogP contribution < -0.4 is 0 Å². The molecule has 2 amide bonds. The van der Waals surface area contributed by atoms with E-state index >= 15 is 0 Å². The Balaban J connectivity index is 1.46. The molecular formula is C21H23N5O3. The van der Waals surface area contributed by atoms with E-state index in [1.165, 1.54) is 4.90 Å². The normalized spacial score (nSPS) is 14.2. The molecule has 150 valence electrons. The van der Waals surface area contributed by atoms with Gasteiger partial charge in [-0.3, -0.25) is 9.59 Å². The summed E-state index contributed by atoms with van der Waals surface area (Å²) in [5, 5.41) is 5.19. The number of nitrogens with zero attached hydrogens (tertiary/aromatic N) is 5. The predicted molar refractivity (Wildman–Crippen MR) is 107 cm³/mol. The van der Waals surface area contributed by atoms with E-state index in [2.05, 4.69) is 10.1 Å². The Hall–Kier alpha value is -3.26. The Kier molecular flexibility index (Phi) is 5.53. The van der Waals surface area contributed by atoms with Crippen molar-refractivity contribution in [1.82, 2.24) is 24.6 Å². The van der Waals surface area contributed by atoms with Gasteiger partial charge in [0, 0.05) is 31.7 Å². The van der Waals surface area contributed by atoms with Gasteiger partial charge in [-0.2, -0.15) is 5.10 Å². The van der Waals surface area contributed by atoms with Crippen LogP contribution in [0, 0.1) is 0 Å². The topological polar surface area (TPSA) is 80.6 Å². The maximum absolute atomic E-state index is 12.8. The Bertz CT molecular complexity index is 1010. The van der Waals surface area contributed by atoms with Crippen molar-refractivity contribution >= 4 is 22.8 Å². The maximum Gasteiger partial charge on any atom is 0.255 e. The molecular weight excluding hydrogens is 370 g/mol. The van der Waals surface area contributed by atoms with Crippen molar-refractivity contribution in [3.8, 4) is 0 Å². The summed E-state index contributed by atoms with van der Waals surface area (Å²) in [5.74, 6) is -0.314. The Morgan fingerprint density at radius 2 is 1.90 bits per heavy atom. The minimum absolute atomic E-state index is 0.0319. The van der Waals surface area contributed by atoms with Gasteiger partial charge in [-0.1, -0.05) is 30.3 Å². The first kappa shape index (κ1) is 19.1. The predicted octanol–water partition coefficient (Wildman–Crippen LogP) is 1.41. The van der Waals surface area contributed by atoms with Crippen LogP contribution in [0.2, 0.25) is 0 Å². The molecule has 8 heteroatoms. The highest BCUT2D eigenvalue weighted by Gasteiger charge is 2.21. The number of hydrogen-bond donors (Lipinski definition) is 0. The number of rotatable bonds is 5. The smallest absolute Gasteiger partial charge is 0.255 e. The molecule has 0 bridgehead atoms. The first-order chi connectivity index (χ1) is 14.1. The summed E-state index contributed by atoms with van der Waals surface area (Å²) in [6, 6.07) is 11.8. The van der Waals surface area contributed by atoms with Gasteiger partial charge in [-0.25, -0.2) is 9.67 Å². The summed E-state index contributed by atoms with van der Waals surface area (Å²) in [7, 11) is 1.63. The summed E-state index contributed by atoms with van der Waals surface area (Å²) in [5.41, 5.74) is 2.28. The van der Waals surface area contributed by atoms with Crippen LogP contribution in [0.4, 0.5) is 0 Å². The van der Waals surface area contributed by atoms with Crippen molar-refractivity contribution in [3.05, 3.63) is 59.9 Å². The second-order valence-electron chi connectivity index (χ2n) is 7.08. The van der Waals surface area contributed by atoms with Gasteiger partial charge < -0.3 is 14.5 Å². The molecule has 0 atom stereocenters. The van der Waals surface area contributed by atoms with Crippen LogP contribution in [-0.4, -0.2) is 76.3 Å². The molecule has 8 nitrogen and oxygen atoms in total. The monoisotopic (exact) mass is 393 g/mol. The lowest BCUT2D eigenvalue weighted by Gasteiger charge is -2.28. The number of likely N-dealkylation sites (N-methyl/N-ethyl adjacent to an activating group) is 1. The van der Waals surface area contributed by atoms with Gasteiger partial charge in [0.1, 0.15) is 0 Å². The van der Waals surface area contributed by atoms with Crippen LogP contribution >= 0.6 is 0 Å². The molecule has 0 spiro atoms. The molecule has 2 aromatic heterocycles. The summed E-state index contributed by atoms with van der Waals surface area (Å²) < 4.78 is 7.07. The molecule has 0 radical (unpaired) electrons. The van der Waals surface area contributed by atoms with E-state index in [1.54, 1.807) is 30.4 Å². The molecule has 3 heterocycles. The molecule has 3 aromatic rings. The lowest BCUT2D eigenvalue weighted by Crippen LogP contribution is -2.46. The summed E-state index contributed by atoms with van der Waals surface area (Å²) in [6.07, 6.45) is 3.25. The second-order valence-corrected chi connectivity index (χ2v) is 7.08. The molecule has 0 saturated carbocycles. The minimum atomic E-state index is -0.239. The van der Waals surface area contributed by atoms with Crippen molar-refractivity contribution in [1.29, 1.82) is 0 Å². The maximum atomic E-state index is 12.8. The number of carbonyl (C=O) groups excluding carboxylic acids is 2. The fraction of sp³-hybridized carbons (Fsp3) is 0.333. The highest BCUT2D eigenvalue weighted by molar-refractivity contribution is 5.98. The molecule has 1 aromatic carbocycles. The third kappa shape index (κ3) is 4.27. The fourth-order valence-corrected chi connectivity index (χ4v) is 3.37. The second kappa shape index (κ2) is 8.40. The number of aromatic nitrogens is 3. The lowest BCUT2D eigenvalue weighted by atomic mass is 10.2. The summed E-state index contributed by atoms with van der Waals surface area (Å²) >= 11 is 0. The van der Waals surface area contributed by atoms with Crippen molar-refractivity contribution < 1.29 is 14.3 Å². The van der Waals surface area contributed by atoms with Gasteiger partial charge in [-0.05, 0) is 11.6 Å². The van der Waals surface area contributed by atoms with Crippen molar-refractivity contribution in [2.24, 2.45) is 0 Å². The molecule has 1 saturated heterocycles. The number of hydrogen-bond acceptors (Lipinski definition) is 5. The number of carbonyl (C=O) groups is 2. The first-order valence-corrected chi connectivity index (χ1v) is 9.58. The third-order valence-corrected chi connectivity index (χ3v) is 4.98. The van der Waals surface area contributed by atoms with Gasteiger partial charge in [0.15, 0.2) is 5.65 Å². The van der Waals surface area contributed by atoms with E-state index in [9.17, 15) is 9.59 Å². The van der Waals surface area contributed by atoms with E-state index in [0.717, 1.165) is 16.6 Å². The molecule has 1 aliphatic heterocycles. The zero-order chi connectivity index (χ0) is 20.2. The van der Waals surface area contributed by atoms with Crippen LogP contribution in [0.1, 0.15) is 15.9 Å².